The largest absolute Gasteiger partial charge is 0.504 e. The number of aromatic nitrogens is 2. The zero-order valence-corrected chi connectivity index (χ0v) is 10.1. The maximum Gasteiger partial charge on any atom is 0.184 e. The van der Waals surface area contributed by atoms with Crippen molar-refractivity contribution >= 4 is 15.7 Å². The number of nitrogens with two attached hydrogens (primary N) is 1. The predicted octanol–water partition coefficient (Wildman–Crippen LogP) is 0.907. The zero-order chi connectivity index (χ0) is 13.5. The fourth-order valence-electron chi connectivity index (χ4n) is 1.56. The molecule has 0 radical (unpaired) electrons. The second kappa shape index (κ2) is 3.98. The second-order valence-electron chi connectivity index (χ2n) is 3.74. The molecule has 0 atom stereocenters. The number of sulfone groups is 1. The summed E-state index contributed by atoms with van der Waals surface area (Å²) in [7, 11) is -3.74. The number of aromatic hydroxyl groups is 1. The summed E-state index contributed by atoms with van der Waals surface area (Å²) in [5, 5.41) is 15.8. The maximum atomic E-state index is 13.8. The van der Waals surface area contributed by atoms with Gasteiger partial charge in [-0.15, -0.1) is 0 Å². The molecule has 1 heterocycles. The average molecular weight is 271 g/mol. The number of H-pyrrole nitrogens is 1. The Morgan fingerprint density at radius 2 is 2.06 bits per heavy atom. The molecule has 2 rings (SSSR count). The van der Waals surface area contributed by atoms with E-state index in [2.05, 4.69) is 10.2 Å². The zero-order valence-electron chi connectivity index (χ0n) is 9.31. The van der Waals surface area contributed by atoms with Crippen molar-refractivity contribution in [3.8, 4) is 16.9 Å². The van der Waals surface area contributed by atoms with Crippen molar-refractivity contribution in [2.75, 3.05) is 12.0 Å². The molecule has 6 nitrogen and oxygen atoms in total. The summed E-state index contributed by atoms with van der Waals surface area (Å²) >= 11 is 0. The summed E-state index contributed by atoms with van der Waals surface area (Å²) in [5.41, 5.74) is 5.92. The van der Waals surface area contributed by atoms with Crippen molar-refractivity contribution in [3.05, 3.63) is 24.1 Å². The lowest BCUT2D eigenvalue weighted by Gasteiger charge is -2.07. The van der Waals surface area contributed by atoms with Gasteiger partial charge < -0.3 is 10.8 Å². The standard InChI is InChI=1S/C10H10FN3O3S/c1-18(16,17)7-3-2-5(9(15)8(7)11)6-4-13-14-10(6)12/h2-4,15H,1H3,(H3,12,13,14). The van der Waals surface area contributed by atoms with Crippen molar-refractivity contribution in [3.63, 3.8) is 0 Å². The highest BCUT2D eigenvalue weighted by atomic mass is 32.2. The number of phenolic OH excluding ortho intramolecular Hbond substituents is 1. The van der Waals surface area contributed by atoms with Crippen LogP contribution in [0.3, 0.4) is 0 Å². The van der Waals surface area contributed by atoms with Gasteiger partial charge in [0.05, 0.1) is 6.20 Å². The Balaban J connectivity index is 2.69. The average Bonchev–Trinajstić information content (AvgIpc) is 2.67. The van der Waals surface area contributed by atoms with E-state index in [-0.39, 0.29) is 11.4 Å². The third-order valence-electron chi connectivity index (χ3n) is 2.44. The molecule has 1 aromatic carbocycles. The fourth-order valence-corrected chi connectivity index (χ4v) is 2.30. The smallest absolute Gasteiger partial charge is 0.184 e. The van der Waals surface area contributed by atoms with E-state index >= 15 is 0 Å². The predicted molar refractivity (Wildman–Crippen MR) is 63.2 cm³/mol. The Morgan fingerprint density at radius 3 is 2.56 bits per heavy atom. The molecule has 0 aliphatic heterocycles. The Kier molecular flexibility index (Phi) is 2.74. The van der Waals surface area contributed by atoms with Crippen LogP contribution >= 0.6 is 0 Å². The van der Waals surface area contributed by atoms with Crippen LogP contribution in [0.25, 0.3) is 11.1 Å². The molecule has 1 aromatic heterocycles. The molecule has 0 saturated carbocycles. The number of anilines is 1. The van der Waals surface area contributed by atoms with Crippen LogP contribution in [0.4, 0.5) is 10.2 Å². The van der Waals surface area contributed by atoms with Crippen LogP contribution in [-0.2, 0) is 9.84 Å². The first kappa shape index (κ1) is 12.4. The van der Waals surface area contributed by atoms with Gasteiger partial charge in [-0.05, 0) is 12.1 Å². The van der Waals surface area contributed by atoms with Crippen LogP contribution in [0.15, 0.2) is 23.2 Å². The minimum atomic E-state index is -3.74. The van der Waals surface area contributed by atoms with Crippen LogP contribution < -0.4 is 5.73 Å². The molecule has 2 aromatic rings. The van der Waals surface area contributed by atoms with Gasteiger partial charge in [0, 0.05) is 17.4 Å². The number of nitrogen functional groups attached to an aromatic ring is 1. The molecule has 4 N–H and O–H groups in total. The van der Waals surface area contributed by atoms with Gasteiger partial charge in [-0.2, -0.15) is 5.10 Å². The molecular weight excluding hydrogens is 261 g/mol. The number of hydrogen-bond acceptors (Lipinski definition) is 5. The molecule has 0 amide bonds. The van der Waals surface area contributed by atoms with Gasteiger partial charge in [0.15, 0.2) is 21.4 Å². The highest BCUT2D eigenvalue weighted by Gasteiger charge is 2.21. The third-order valence-corrected chi connectivity index (χ3v) is 3.55. The SMILES string of the molecule is CS(=O)(=O)c1ccc(-c2cn[nH]c2N)c(O)c1F. The molecule has 0 unspecified atom stereocenters. The molecule has 0 aliphatic rings. The highest BCUT2D eigenvalue weighted by molar-refractivity contribution is 7.90. The molecule has 0 fully saturated rings. The molecule has 8 heteroatoms. The second-order valence-corrected chi connectivity index (χ2v) is 5.73. The van der Waals surface area contributed by atoms with Gasteiger partial charge in [0.1, 0.15) is 10.7 Å². The highest BCUT2D eigenvalue weighted by Crippen LogP contribution is 2.36. The quantitative estimate of drug-likeness (QED) is 0.752. The van der Waals surface area contributed by atoms with Gasteiger partial charge in [0.2, 0.25) is 0 Å². The van der Waals surface area contributed by atoms with E-state index in [1.54, 1.807) is 0 Å². The summed E-state index contributed by atoms with van der Waals surface area (Å²) in [6, 6.07) is 2.35. The number of halogens is 1. The van der Waals surface area contributed by atoms with Crippen molar-refractivity contribution in [2.45, 2.75) is 4.90 Å². The van der Waals surface area contributed by atoms with E-state index in [9.17, 15) is 17.9 Å². The fraction of sp³-hybridized carbons (Fsp3) is 0.100. The Bertz CT molecular complexity index is 709. The van der Waals surface area contributed by atoms with Gasteiger partial charge >= 0.3 is 0 Å². The van der Waals surface area contributed by atoms with Crippen molar-refractivity contribution in [1.82, 2.24) is 10.2 Å². The van der Waals surface area contributed by atoms with Crippen molar-refractivity contribution in [1.29, 1.82) is 0 Å². The van der Waals surface area contributed by atoms with Crippen LogP contribution in [0.1, 0.15) is 0 Å². The maximum absolute atomic E-state index is 13.8. The Morgan fingerprint density at radius 1 is 1.39 bits per heavy atom. The third kappa shape index (κ3) is 1.90. The van der Waals surface area contributed by atoms with Crippen LogP contribution in [-0.4, -0.2) is 30.0 Å². The Labute approximate surface area is 102 Å². The summed E-state index contributed by atoms with van der Waals surface area (Å²) in [6.45, 7) is 0. The summed E-state index contributed by atoms with van der Waals surface area (Å²) in [6.07, 6.45) is 2.17. The van der Waals surface area contributed by atoms with Gasteiger partial charge in [-0.25, -0.2) is 12.8 Å². The number of hydrogen-bond donors (Lipinski definition) is 3. The number of nitrogens with zero attached hydrogens (tertiary/aromatic N) is 1. The summed E-state index contributed by atoms with van der Waals surface area (Å²) in [4.78, 5) is -0.564. The molecule has 18 heavy (non-hydrogen) atoms. The van der Waals surface area contributed by atoms with Crippen LogP contribution in [0, 0.1) is 5.82 Å². The normalized spacial score (nSPS) is 11.7. The molecule has 0 aliphatic carbocycles. The van der Waals surface area contributed by atoms with E-state index in [0.29, 0.717) is 5.56 Å². The number of nitrogens with one attached hydrogen (secondary N) is 1. The molecule has 0 bridgehead atoms. The van der Waals surface area contributed by atoms with Gasteiger partial charge in [-0.1, -0.05) is 0 Å². The van der Waals surface area contributed by atoms with Crippen molar-refractivity contribution in [2.24, 2.45) is 0 Å². The number of phenols is 1. The molecule has 0 spiro atoms. The number of rotatable bonds is 2. The van der Waals surface area contributed by atoms with E-state index in [1.807, 2.05) is 0 Å². The van der Waals surface area contributed by atoms with E-state index in [4.69, 9.17) is 5.73 Å². The number of aromatic amines is 1. The van der Waals surface area contributed by atoms with Crippen molar-refractivity contribution < 1.29 is 17.9 Å². The van der Waals surface area contributed by atoms with Crippen LogP contribution in [0.2, 0.25) is 0 Å². The van der Waals surface area contributed by atoms with E-state index < -0.39 is 26.3 Å². The number of benzene rings is 1. The first-order chi connectivity index (χ1) is 8.32. The summed E-state index contributed by atoms with van der Waals surface area (Å²) < 4.78 is 36.3. The minimum absolute atomic E-state index is 0.0751. The molecular formula is C10H10FN3O3S. The van der Waals surface area contributed by atoms with Crippen LogP contribution in [0.5, 0.6) is 5.75 Å². The van der Waals surface area contributed by atoms with E-state index in [0.717, 1.165) is 12.3 Å². The first-order valence-corrected chi connectivity index (χ1v) is 6.72. The lowest BCUT2D eigenvalue weighted by molar-refractivity contribution is 0.425. The van der Waals surface area contributed by atoms with Gasteiger partial charge in [-0.3, -0.25) is 5.10 Å². The minimum Gasteiger partial charge on any atom is -0.504 e. The lowest BCUT2D eigenvalue weighted by Crippen LogP contribution is -2.01. The Hall–Kier alpha value is -2.09. The lowest BCUT2D eigenvalue weighted by atomic mass is 10.1. The summed E-state index contributed by atoms with van der Waals surface area (Å²) in [5.74, 6) is -1.82. The topological polar surface area (TPSA) is 109 Å². The first-order valence-electron chi connectivity index (χ1n) is 4.83. The van der Waals surface area contributed by atoms with Gasteiger partial charge in [0.25, 0.3) is 0 Å². The molecule has 96 valence electrons. The monoisotopic (exact) mass is 271 g/mol. The van der Waals surface area contributed by atoms with E-state index in [1.165, 1.54) is 12.3 Å². The molecule has 0 saturated heterocycles.